The third-order valence-corrected chi connectivity index (χ3v) is 8.47. The van der Waals surface area contributed by atoms with Crippen molar-refractivity contribution in [3.8, 4) is 5.88 Å². The summed E-state index contributed by atoms with van der Waals surface area (Å²) in [6.07, 6.45) is -4.99. The van der Waals surface area contributed by atoms with Gasteiger partial charge in [-0.05, 0) is 0 Å². The molecule has 0 spiro atoms. The van der Waals surface area contributed by atoms with E-state index in [4.69, 9.17) is 20.3 Å². The van der Waals surface area contributed by atoms with Crippen molar-refractivity contribution in [2.24, 2.45) is 7.05 Å². The molecule has 1 fully saturated rings. The molecular formula is C11H19N6O13P3. The van der Waals surface area contributed by atoms with Gasteiger partial charge in [-0.2, -0.15) is 4.31 Å². The Morgan fingerprint density at radius 1 is 1.24 bits per heavy atom. The molecule has 0 bridgehead atoms. The van der Waals surface area contributed by atoms with Crippen molar-refractivity contribution in [3.05, 3.63) is 6.33 Å². The zero-order valence-electron chi connectivity index (χ0n) is 16.3. The molecule has 33 heavy (non-hydrogen) atoms. The number of nitrogens with two attached hydrogens (primary N) is 1. The average Bonchev–Trinajstić information content (AvgIpc) is 3.07. The molecule has 0 aromatic carbocycles. The topological polar surface area (TPSA) is 296 Å². The first-order valence-electron chi connectivity index (χ1n) is 8.58. The molecule has 0 aliphatic carbocycles. The lowest BCUT2D eigenvalue weighted by molar-refractivity contribution is -0.745. The molecular weight excluding hydrogens is 517 g/mol. The minimum absolute atomic E-state index is 0.00120. The van der Waals surface area contributed by atoms with Gasteiger partial charge in [0.25, 0.3) is 5.95 Å². The number of hydrogen-bond donors (Lipinski definition) is 8. The van der Waals surface area contributed by atoms with Crippen LogP contribution in [0.3, 0.4) is 0 Å². The lowest BCUT2D eigenvalue weighted by Crippen LogP contribution is -2.46. The molecule has 1 aliphatic rings. The summed E-state index contributed by atoms with van der Waals surface area (Å²) in [5.41, 5.74) is 5.44. The van der Waals surface area contributed by atoms with E-state index in [-0.39, 0.29) is 17.1 Å². The van der Waals surface area contributed by atoms with Crippen LogP contribution >= 0.6 is 23.3 Å². The van der Waals surface area contributed by atoms with E-state index < -0.39 is 60.3 Å². The van der Waals surface area contributed by atoms with E-state index in [1.54, 1.807) is 0 Å². The minimum atomic E-state index is -5.48. The molecule has 1 saturated heterocycles. The molecule has 2 unspecified atom stereocenters. The number of rotatable bonds is 8. The lowest BCUT2D eigenvalue weighted by atomic mass is 10.1. The summed E-state index contributed by atoms with van der Waals surface area (Å²) in [6.45, 7) is -0.979. The summed E-state index contributed by atoms with van der Waals surface area (Å²) in [4.78, 5) is 44.3. The van der Waals surface area contributed by atoms with Gasteiger partial charge in [0, 0.05) is 5.88 Å². The average molecular weight is 536 g/mol. The highest BCUT2D eigenvalue weighted by molar-refractivity contribution is 7.70. The number of phosphoric ester groups is 1. The fraction of sp³-hybridized carbons (Fsp3) is 0.545. The van der Waals surface area contributed by atoms with E-state index in [9.17, 15) is 38.8 Å². The van der Waals surface area contributed by atoms with E-state index in [2.05, 4.69) is 18.8 Å². The highest BCUT2D eigenvalue weighted by atomic mass is 31.3. The van der Waals surface area contributed by atoms with Gasteiger partial charge in [-0.3, -0.25) is 9.09 Å². The van der Waals surface area contributed by atoms with E-state index in [0.717, 1.165) is 9.42 Å². The zero-order chi connectivity index (χ0) is 24.9. The lowest BCUT2D eigenvalue weighted by Gasteiger charge is -2.19. The number of aliphatic hydroxyl groups is 2. The maximum Gasteiger partial charge on any atom is 0.480 e. The monoisotopic (exact) mass is 536 g/mol. The van der Waals surface area contributed by atoms with E-state index >= 15 is 0 Å². The summed E-state index contributed by atoms with van der Waals surface area (Å²) >= 11 is 0. The number of nitrogens with one attached hydrogen (secondary N) is 1. The minimum Gasteiger partial charge on any atom is -0.856 e. The molecule has 9 N–H and O–H groups in total. The maximum absolute atomic E-state index is 12.1. The van der Waals surface area contributed by atoms with Crippen molar-refractivity contribution in [2.75, 3.05) is 12.3 Å². The van der Waals surface area contributed by atoms with Gasteiger partial charge >= 0.3 is 29.0 Å². The SMILES string of the molecule is Cn1c[n+]([C@@H]2O[C@H](COP(=O)(O)OP(=O)(O)NP(=O)(O)O)[C@@H](O)[C@H]2O)c2nc(N)nc([O-])c21. The Labute approximate surface area is 183 Å². The first-order chi connectivity index (χ1) is 15.0. The van der Waals surface area contributed by atoms with Gasteiger partial charge in [-0.15, -0.1) is 4.86 Å². The molecule has 186 valence electrons. The second-order valence-corrected chi connectivity index (χ2v) is 11.5. The third-order valence-electron chi connectivity index (χ3n) is 4.23. The maximum atomic E-state index is 12.1. The van der Waals surface area contributed by atoms with Crippen molar-refractivity contribution in [1.82, 2.24) is 19.4 Å². The van der Waals surface area contributed by atoms with Crippen LogP contribution < -0.4 is 20.3 Å². The molecule has 3 heterocycles. The number of imidazole rings is 1. The predicted octanol–water partition coefficient (Wildman–Crippen LogP) is -3.55. The number of nitrogens with zero attached hydrogens (tertiary/aromatic N) is 4. The number of anilines is 1. The van der Waals surface area contributed by atoms with Crippen molar-refractivity contribution in [2.45, 2.75) is 24.5 Å². The van der Waals surface area contributed by atoms with Gasteiger partial charge in [-0.1, -0.05) is 4.98 Å². The second-order valence-electron chi connectivity index (χ2n) is 6.75. The van der Waals surface area contributed by atoms with Gasteiger partial charge in [0.15, 0.2) is 11.8 Å². The number of hydrogen-bond acceptors (Lipinski definition) is 12. The van der Waals surface area contributed by atoms with E-state index in [1.165, 1.54) is 17.9 Å². The molecule has 3 rings (SSSR count). The van der Waals surface area contributed by atoms with Crippen LogP contribution in [-0.4, -0.2) is 69.2 Å². The molecule has 0 radical (unpaired) electrons. The van der Waals surface area contributed by atoms with Gasteiger partial charge in [0.05, 0.1) is 13.7 Å². The molecule has 22 heteroatoms. The van der Waals surface area contributed by atoms with Crippen molar-refractivity contribution in [1.29, 1.82) is 0 Å². The number of ether oxygens (including phenoxy) is 1. The van der Waals surface area contributed by atoms with Crippen LogP contribution in [0, 0.1) is 0 Å². The fourth-order valence-corrected chi connectivity index (χ4v) is 6.46. The van der Waals surface area contributed by atoms with Gasteiger partial charge in [-0.25, -0.2) is 23.2 Å². The third kappa shape index (κ3) is 5.93. The van der Waals surface area contributed by atoms with Crippen LogP contribution in [0.4, 0.5) is 5.95 Å². The van der Waals surface area contributed by atoms with Crippen LogP contribution in [0.15, 0.2) is 6.33 Å². The molecule has 6 atom stereocenters. The van der Waals surface area contributed by atoms with Crippen LogP contribution in [-0.2, 0) is 34.3 Å². The van der Waals surface area contributed by atoms with Gasteiger partial charge < -0.3 is 45.4 Å². The quantitative estimate of drug-likeness (QED) is 0.120. The molecule has 1 aliphatic heterocycles. The molecule has 2 aromatic rings. The molecule has 0 saturated carbocycles. The highest BCUT2D eigenvalue weighted by Gasteiger charge is 2.48. The Kier molecular flexibility index (Phi) is 7.03. The predicted molar refractivity (Wildman–Crippen MR) is 100 cm³/mol. The van der Waals surface area contributed by atoms with Crippen molar-refractivity contribution in [3.63, 3.8) is 0 Å². The van der Waals surface area contributed by atoms with Crippen LogP contribution in [0.1, 0.15) is 6.23 Å². The van der Waals surface area contributed by atoms with Gasteiger partial charge in [0.1, 0.15) is 18.3 Å². The molecule has 19 nitrogen and oxygen atoms in total. The Hall–Kier alpha value is -1.56. The Bertz CT molecular complexity index is 1200. The Morgan fingerprint density at radius 3 is 2.48 bits per heavy atom. The standard InChI is InChI=1S/C11H19N6O13P3/c1-16-3-17(8-5(16)9(20)14-11(12)13-8)10-7(19)6(18)4(29-10)2-28-33(26,27)30-32(24,25)15-31(21,22)23/h3-4,6-7,10,18-19H,2H2,1H3,(H7-,12,13,14,15,20,21,22,23,24,25,26,27)/t4-,6-,7-,10-/m1/s1. The number of phosphoric acid groups is 1. The number of aryl methyl sites for hydroxylation is 1. The normalized spacial score (nSPS) is 27.5. The zero-order valence-corrected chi connectivity index (χ0v) is 19.0. The summed E-state index contributed by atoms with van der Waals surface area (Å²) in [7, 11) is -14.8. The Balaban J connectivity index is 1.75. The summed E-state index contributed by atoms with van der Waals surface area (Å²) in [5, 5.41) is 32.7. The number of nitrogen functional groups attached to an aromatic ring is 1. The first-order valence-corrected chi connectivity index (χ1v) is 13.3. The fourth-order valence-electron chi connectivity index (χ4n) is 3.02. The molecule has 2 aromatic heterocycles. The summed E-state index contributed by atoms with van der Waals surface area (Å²) in [6, 6.07) is 0. The highest BCUT2D eigenvalue weighted by Crippen LogP contribution is 2.61. The van der Waals surface area contributed by atoms with Crippen molar-refractivity contribution >= 4 is 40.4 Å². The summed E-state index contributed by atoms with van der Waals surface area (Å²) in [5.74, 6) is -1.08. The smallest absolute Gasteiger partial charge is 0.480 e. The second kappa shape index (κ2) is 8.90. The number of aliphatic hydroxyl groups excluding tert-OH is 2. The van der Waals surface area contributed by atoms with Crippen LogP contribution in [0.5, 0.6) is 5.88 Å². The number of fused-ring (bicyclic) bond motifs is 1. The van der Waals surface area contributed by atoms with E-state index in [0.29, 0.717) is 0 Å². The van der Waals surface area contributed by atoms with Gasteiger partial charge in [0.2, 0.25) is 6.23 Å². The number of aromatic nitrogens is 4. The first kappa shape index (κ1) is 26.1. The Morgan fingerprint density at radius 2 is 1.88 bits per heavy atom. The largest absolute Gasteiger partial charge is 0.856 e. The van der Waals surface area contributed by atoms with E-state index in [1.807, 2.05) is 0 Å². The van der Waals surface area contributed by atoms with Crippen LogP contribution in [0.25, 0.3) is 11.2 Å². The van der Waals surface area contributed by atoms with Crippen LogP contribution in [0.2, 0.25) is 0 Å². The summed E-state index contributed by atoms with van der Waals surface area (Å²) < 4.78 is 50.3. The van der Waals surface area contributed by atoms with Crippen molar-refractivity contribution < 1.29 is 66.7 Å². The molecule has 0 amide bonds.